The molecule has 0 spiro atoms. The predicted molar refractivity (Wildman–Crippen MR) is 138 cm³/mol. The third-order valence-electron chi connectivity index (χ3n) is 9.65. The summed E-state index contributed by atoms with van der Waals surface area (Å²) in [6.45, 7) is 2.28. The van der Waals surface area contributed by atoms with Gasteiger partial charge in [0.15, 0.2) is 0 Å². The van der Waals surface area contributed by atoms with Crippen LogP contribution in [0.1, 0.15) is 115 Å². The molecule has 3 aliphatic carbocycles. The van der Waals surface area contributed by atoms with Crippen LogP contribution in [-0.2, 0) is 11.0 Å². The molecule has 0 bridgehead atoms. The molecule has 0 saturated heterocycles. The normalized spacial score (nSPS) is 31.0. The number of alkyl halides is 3. The van der Waals surface area contributed by atoms with E-state index in [-0.39, 0.29) is 17.6 Å². The quantitative estimate of drug-likeness (QED) is 0.189. The highest BCUT2D eigenvalue weighted by atomic mass is 19.4. The highest BCUT2D eigenvalue weighted by Crippen LogP contribution is 2.49. The van der Waals surface area contributed by atoms with Gasteiger partial charge < -0.3 is 4.74 Å². The van der Waals surface area contributed by atoms with Crippen LogP contribution in [0, 0.1) is 35.5 Å². The summed E-state index contributed by atoms with van der Waals surface area (Å²) in [4.78, 5) is 12.6. The molecule has 36 heavy (non-hydrogen) atoms. The van der Waals surface area contributed by atoms with E-state index in [1.54, 1.807) is 0 Å². The van der Waals surface area contributed by atoms with Crippen LogP contribution in [0.25, 0.3) is 0 Å². The number of rotatable bonds is 9. The van der Waals surface area contributed by atoms with Crippen LogP contribution in [-0.4, -0.2) is 5.97 Å². The third kappa shape index (κ3) is 7.51. The Morgan fingerprint density at radius 2 is 1.36 bits per heavy atom. The van der Waals surface area contributed by atoms with Gasteiger partial charge in [-0.1, -0.05) is 51.9 Å². The standard InChI is InChI=1S/C31H45F3O2/c1-2-3-4-5-6-7-22-8-9-27-21-26(15-14-25(27)20-22)23-10-12-24(13-11-23)30(35)36-29-18-16-28(17-19-29)31(32,33)34/h16-19,22-27H,2-15,20-21H2,1H3. The summed E-state index contributed by atoms with van der Waals surface area (Å²) >= 11 is 0. The zero-order valence-electron chi connectivity index (χ0n) is 22.0. The zero-order valence-corrected chi connectivity index (χ0v) is 22.0. The SMILES string of the molecule is CCCCCCCC1CCC2CC(C3CCC(C(=O)Oc4ccc(C(F)(F)F)cc4)CC3)CCC2C1. The van der Waals surface area contributed by atoms with Crippen molar-refractivity contribution >= 4 is 5.97 Å². The average molecular weight is 507 g/mol. The highest BCUT2D eigenvalue weighted by Gasteiger charge is 2.39. The fourth-order valence-electron chi connectivity index (χ4n) is 7.49. The minimum Gasteiger partial charge on any atom is -0.426 e. The van der Waals surface area contributed by atoms with Crippen molar-refractivity contribution in [1.29, 1.82) is 0 Å². The Labute approximate surface area is 215 Å². The predicted octanol–water partition coefficient (Wildman–Crippen LogP) is 9.61. The van der Waals surface area contributed by atoms with Crippen molar-refractivity contribution in [2.24, 2.45) is 35.5 Å². The molecule has 5 heteroatoms. The van der Waals surface area contributed by atoms with Gasteiger partial charge in [-0.3, -0.25) is 4.79 Å². The number of hydrogen-bond acceptors (Lipinski definition) is 2. The maximum absolute atomic E-state index is 12.7. The van der Waals surface area contributed by atoms with Gasteiger partial charge in [-0.15, -0.1) is 0 Å². The third-order valence-corrected chi connectivity index (χ3v) is 9.65. The molecular weight excluding hydrogens is 461 g/mol. The van der Waals surface area contributed by atoms with Gasteiger partial charge in [-0.25, -0.2) is 0 Å². The molecule has 2 nitrogen and oxygen atoms in total. The second-order valence-electron chi connectivity index (χ2n) is 12.0. The lowest BCUT2D eigenvalue weighted by molar-refractivity contribution is -0.140. The lowest BCUT2D eigenvalue weighted by Crippen LogP contribution is -2.35. The molecule has 202 valence electrons. The fourth-order valence-corrected chi connectivity index (χ4v) is 7.49. The molecular formula is C31H45F3O2. The van der Waals surface area contributed by atoms with E-state index in [4.69, 9.17) is 4.74 Å². The molecule has 0 amide bonds. The van der Waals surface area contributed by atoms with E-state index in [1.165, 1.54) is 89.2 Å². The van der Waals surface area contributed by atoms with Gasteiger partial charge in [-0.2, -0.15) is 13.2 Å². The molecule has 4 unspecified atom stereocenters. The molecule has 0 heterocycles. The Kier molecular flexibility index (Phi) is 9.80. The van der Waals surface area contributed by atoms with Gasteiger partial charge in [0.05, 0.1) is 11.5 Å². The van der Waals surface area contributed by atoms with Crippen LogP contribution in [0.2, 0.25) is 0 Å². The van der Waals surface area contributed by atoms with Crippen molar-refractivity contribution in [2.75, 3.05) is 0 Å². The van der Waals surface area contributed by atoms with Gasteiger partial charge in [0.25, 0.3) is 0 Å². The number of ether oxygens (including phenoxy) is 1. The lowest BCUT2D eigenvalue weighted by atomic mass is 9.60. The minimum atomic E-state index is -4.38. The molecule has 1 aromatic rings. The summed E-state index contributed by atoms with van der Waals surface area (Å²) in [5, 5.41) is 0. The number of hydrogen-bond donors (Lipinski definition) is 0. The van der Waals surface area contributed by atoms with E-state index in [0.717, 1.165) is 67.4 Å². The van der Waals surface area contributed by atoms with Gasteiger partial charge in [-0.05, 0) is 112 Å². The first-order chi connectivity index (χ1) is 17.3. The molecule has 0 N–H and O–H groups in total. The van der Waals surface area contributed by atoms with E-state index in [1.807, 2.05) is 0 Å². The first-order valence-corrected chi connectivity index (χ1v) is 14.7. The van der Waals surface area contributed by atoms with E-state index in [0.29, 0.717) is 0 Å². The number of carbonyl (C=O) groups is 1. The maximum atomic E-state index is 12.7. The molecule has 3 saturated carbocycles. The number of unbranched alkanes of at least 4 members (excludes halogenated alkanes) is 4. The van der Waals surface area contributed by atoms with Crippen LogP contribution < -0.4 is 4.74 Å². The van der Waals surface area contributed by atoms with Crippen LogP contribution in [0.3, 0.4) is 0 Å². The van der Waals surface area contributed by atoms with Crippen LogP contribution >= 0.6 is 0 Å². The summed E-state index contributed by atoms with van der Waals surface area (Å²) in [6.07, 6.45) is 16.3. The van der Waals surface area contributed by atoms with Gasteiger partial charge in [0.1, 0.15) is 5.75 Å². The Morgan fingerprint density at radius 3 is 2.03 bits per heavy atom. The van der Waals surface area contributed by atoms with Crippen molar-refractivity contribution in [3.63, 3.8) is 0 Å². The molecule has 1 aromatic carbocycles. The van der Waals surface area contributed by atoms with E-state index < -0.39 is 11.7 Å². The summed E-state index contributed by atoms with van der Waals surface area (Å²) in [7, 11) is 0. The number of carbonyl (C=O) groups excluding carboxylic acids is 1. The van der Waals surface area contributed by atoms with Crippen LogP contribution in [0.4, 0.5) is 13.2 Å². The van der Waals surface area contributed by atoms with Gasteiger partial charge in [0, 0.05) is 0 Å². The van der Waals surface area contributed by atoms with E-state index in [2.05, 4.69) is 6.92 Å². The number of halogens is 3. The molecule has 3 fully saturated rings. The van der Waals surface area contributed by atoms with Crippen LogP contribution in [0.15, 0.2) is 24.3 Å². The van der Waals surface area contributed by atoms with Crippen molar-refractivity contribution < 1.29 is 22.7 Å². The average Bonchev–Trinajstić information content (AvgIpc) is 2.88. The Morgan fingerprint density at radius 1 is 0.778 bits per heavy atom. The van der Waals surface area contributed by atoms with Crippen molar-refractivity contribution in [2.45, 2.75) is 116 Å². The summed E-state index contributed by atoms with van der Waals surface area (Å²) < 4.78 is 43.7. The zero-order chi connectivity index (χ0) is 25.5. The molecule has 0 aromatic heterocycles. The fraction of sp³-hybridized carbons (Fsp3) is 0.774. The first kappa shape index (κ1) is 27.5. The molecule has 0 radical (unpaired) electrons. The van der Waals surface area contributed by atoms with E-state index in [9.17, 15) is 18.0 Å². The molecule has 4 rings (SSSR count). The monoisotopic (exact) mass is 506 g/mol. The lowest BCUT2D eigenvalue weighted by Gasteiger charge is -2.45. The van der Waals surface area contributed by atoms with Crippen LogP contribution in [0.5, 0.6) is 5.75 Å². The number of fused-ring (bicyclic) bond motifs is 1. The second-order valence-corrected chi connectivity index (χ2v) is 12.0. The van der Waals surface area contributed by atoms with Crippen molar-refractivity contribution in [3.05, 3.63) is 29.8 Å². The topological polar surface area (TPSA) is 26.3 Å². The Balaban J connectivity index is 1.16. The van der Waals surface area contributed by atoms with E-state index >= 15 is 0 Å². The summed E-state index contributed by atoms with van der Waals surface area (Å²) in [6, 6.07) is 4.42. The molecule has 3 aliphatic rings. The Bertz CT molecular complexity index is 810. The second kappa shape index (κ2) is 12.8. The first-order valence-electron chi connectivity index (χ1n) is 14.7. The van der Waals surface area contributed by atoms with Crippen molar-refractivity contribution in [1.82, 2.24) is 0 Å². The van der Waals surface area contributed by atoms with Gasteiger partial charge in [0.2, 0.25) is 0 Å². The smallest absolute Gasteiger partial charge is 0.416 e. The summed E-state index contributed by atoms with van der Waals surface area (Å²) in [5.74, 6) is 4.15. The number of benzene rings is 1. The van der Waals surface area contributed by atoms with Gasteiger partial charge >= 0.3 is 12.1 Å². The number of esters is 1. The Hall–Kier alpha value is -1.52. The largest absolute Gasteiger partial charge is 0.426 e. The summed E-state index contributed by atoms with van der Waals surface area (Å²) in [5.41, 5.74) is -0.728. The minimum absolute atomic E-state index is 0.132. The highest BCUT2D eigenvalue weighted by molar-refractivity contribution is 5.75. The molecule has 0 aliphatic heterocycles. The van der Waals surface area contributed by atoms with Crippen molar-refractivity contribution in [3.8, 4) is 5.75 Å². The molecule has 4 atom stereocenters. The maximum Gasteiger partial charge on any atom is 0.416 e.